The molecule has 1 atom stereocenters. The normalized spacial score (nSPS) is 12.7. The zero-order valence-electron chi connectivity index (χ0n) is 11.0. The number of sulfonamides is 1. The maximum absolute atomic E-state index is 12.2. The highest BCUT2D eigenvalue weighted by molar-refractivity contribution is 7.89. The van der Waals surface area contributed by atoms with E-state index in [4.69, 9.17) is 16.9 Å². The Bertz CT molecular complexity index is 576. The summed E-state index contributed by atoms with van der Waals surface area (Å²) >= 11 is 0. The minimum Gasteiger partial charge on any atom is -0.497 e. The predicted molar refractivity (Wildman–Crippen MR) is 75.3 cm³/mol. The monoisotopic (exact) mass is 282 g/mol. The molecule has 0 heterocycles. The minimum absolute atomic E-state index is 0.0313. The van der Waals surface area contributed by atoms with Crippen LogP contribution in [0, 0.1) is 12.3 Å². The predicted octanol–water partition coefficient (Wildman–Crippen LogP) is 1.36. The van der Waals surface area contributed by atoms with Gasteiger partial charge in [-0.2, -0.15) is 0 Å². The molecule has 3 N–H and O–H groups in total. The van der Waals surface area contributed by atoms with Gasteiger partial charge in [0.05, 0.1) is 12.8 Å². The molecule has 0 aliphatic heterocycles. The lowest BCUT2D eigenvalue weighted by molar-refractivity contribution is 0.414. The smallest absolute Gasteiger partial charge is 0.242 e. The maximum atomic E-state index is 12.2. The number of nitrogens with one attached hydrogen (secondary N) is 1. The zero-order chi connectivity index (χ0) is 14.5. The lowest BCUT2D eigenvalue weighted by atomic mass is 10.2. The summed E-state index contributed by atoms with van der Waals surface area (Å²) in [4.78, 5) is 0.0313. The molecule has 0 bridgehead atoms. The molecule has 1 unspecified atom stereocenters. The van der Waals surface area contributed by atoms with Crippen LogP contribution in [0.25, 0.3) is 0 Å². The van der Waals surface area contributed by atoms with Crippen molar-refractivity contribution in [3.63, 3.8) is 0 Å². The van der Waals surface area contributed by atoms with E-state index in [1.54, 1.807) is 6.07 Å². The number of nitrogens with two attached hydrogens (primary N) is 1. The van der Waals surface area contributed by atoms with Gasteiger partial charge in [-0.25, -0.2) is 13.1 Å². The molecule has 0 amide bonds. The molecule has 0 saturated heterocycles. The average Bonchev–Trinajstić information content (AvgIpc) is 2.37. The van der Waals surface area contributed by atoms with Crippen molar-refractivity contribution >= 4 is 15.7 Å². The van der Waals surface area contributed by atoms with Crippen molar-refractivity contribution in [2.45, 2.75) is 30.7 Å². The van der Waals surface area contributed by atoms with Crippen LogP contribution in [-0.2, 0) is 10.0 Å². The van der Waals surface area contributed by atoms with Gasteiger partial charge >= 0.3 is 0 Å². The Kier molecular flexibility index (Phi) is 5.21. The van der Waals surface area contributed by atoms with Gasteiger partial charge in [0.25, 0.3) is 0 Å². The van der Waals surface area contributed by atoms with E-state index in [1.165, 1.54) is 19.2 Å². The van der Waals surface area contributed by atoms with Gasteiger partial charge < -0.3 is 10.5 Å². The van der Waals surface area contributed by atoms with E-state index < -0.39 is 10.0 Å². The van der Waals surface area contributed by atoms with Crippen molar-refractivity contribution in [2.75, 3.05) is 12.8 Å². The van der Waals surface area contributed by atoms with Gasteiger partial charge in [0.15, 0.2) is 0 Å². The number of ether oxygens (including phenoxy) is 1. The fraction of sp³-hybridized carbons (Fsp3) is 0.385. The number of methoxy groups -OCH3 is 1. The Hall–Kier alpha value is -1.71. The number of benzene rings is 1. The summed E-state index contributed by atoms with van der Waals surface area (Å²) in [7, 11) is -2.19. The van der Waals surface area contributed by atoms with E-state index in [0.717, 1.165) is 0 Å². The Morgan fingerprint density at radius 3 is 2.68 bits per heavy atom. The molecule has 1 aromatic rings. The number of rotatable bonds is 6. The quantitative estimate of drug-likeness (QED) is 0.609. The summed E-state index contributed by atoms with van der Waals surface area (Å²) in [6, 6.07) is 4.14. The Morgan fingerprint density at radius 1 is 1.53 bits per heavy atom. The van der Waals surface area contributed by atoms with E-state index in [9.17, 15) is 8.42 Å². The van der Waals surface area contributed by atoms with E-state index in [1.807, 2.05) is 6.92 Å². The Labute approximate surface area is 114 Å². The number of anilines is 1. The summed E-state index contributed by atoms with van der Waals surface area (Å²) in [6.45, 7) is 1.86. The second-order valence-corrected chi connectivity index (χ2v) is 5.72. The molecule has 0 fully saturated rings. The molecule has 1 rings (SSSR count). The third-order valence-corrected chi connectivity index (χ3v) is 4.28. The van der Waals surface area contributed by atoms with Crippen LogP contribution in [0.5, 0.6) is 5.75 Å². The highest BCUT2D eigenvalue weighted by atomic mass is 32.2. The van der Waals surface area contributed by atoms with Crippen molar-refractivity contribution in [1.29, 1.82) is 0 Å². The molecule has 104 valence electrons. The first-order chi connectivity index (χ1) is 8.94. The highest BCUT2D eigenvalue weighted by Crippen LogP contribution is 2.24. The molecule has 19 heavy (non-hydrogen) atoms. The minimum atomic E-state index is -3.68. The van der Waals surface area contributed by atoms with Crippen molar-refractivity contribution in [1.82, 2.24) is 4.72 Å². The first-order valence-corrected chi connectivity index (χ1v) is 7.32. The molecule has 6 heteroatoms. The summed E-state index contributed by atoms with van der Waals surface area (Å²) in [5.41, 5.74) is 5.88. The van der Waals surface area contributed by atoms with Crippen LogP contribution < -0.4 is 15.2 Å². The van der Waals surface area contributed by atoms with Crippen LogP contribution in [0.1, 0.15) is 19.8 Å². The molecule has 0 aliphatic rings. The van der Waals surface area contributed by atoms with E-state index >= 15 is 0 Å². The molecular weight excluding hydrogens is 264 g/mol. The summed E-state index contributed by atoms with van der Waals surface area (Å²) < 4.78 is 31.9. The largest absolute Gasteiger partial charge is 0.497 e. The van der Waals surface area contributed by atoms with Crippen molar-refractivity contribution in [3.8, 4) is 18.1 Å². The maximum Gasteiger partial charge on any atom is 0.242 e. The van der Waals surface area contributed by atoms with Gasteiger partial charge in [-0.05, 0) is 18.6 Å². The van der Waals surface area contributed by atoms with Crippen LogP contribution >= 0.6 is 0 Å². The summed E-state index contributed by atoms with van der Waals surface area (Å²) in [5, 5.41) is 0. The number of hydrogen-bond donors (Lipinski definition) is 2. The van der Waals surface area contributed by atoms with Gasteiger partial charge in [-0.1, -0.05) is 6.92 Å². The molecule has 0 saturated carbocycles. The molecule has 0 aromatic heterocycles. The average molecular weight is 282 g/mol. The molecule has 1 aromatic carbocycles. The first kappa shape index (κ1) is 15.3. The third kappa shape index (κ3) is 3.88. The van der Waals surface area contributed by atoms with Crippen LogP contribution in [0.2, 0.25) is 0 Å². The summed E-state index contributed by atoms with van der Waals surface area (Å²) in [6.07, 6.45) is 6.15. The first-order valence-electron chi connectivity index (χ1n) is 5.84. The molecule has 5 nitrogen and oxygen atoms in total. The lowest BCUT2D eigenvalue weighted by Crippen LogP contribution is -2.34. The zero-order valence-corrected chi connectivity index (χ0v) is 11.8. The van der Waals surface area contributed by atoms with Gasteiger partial charge in [-0.15, -0.1) is 12.3 Å². The van der Waals surface area contributed by atoms with Crippen LogP contribution in [0.15, 0.2) is 23.1 Å². The van der Waals surface area contributed by atoms with Gasteiger partial charge in [0.2, 0.25) is 10.0 Å². The SMILES string of the molecule is C#CCC(CC)NS(=O)(=O)c1ccc(OC)cc1N. The lowest BCUT2D eigenvalue weighted by Gasteiger charge is -2.16. The van der Waals surface area contributed by atoms with Crippen LogP contribution in [-0.4, -0.2) is 21.6 Å². The van der Waals surface area contributed by atoms with E-state index in [2.05, 4.69) is 10.6 Å². The van der Waals surface area contributed by atoms with Gasteiger partial charge in [0.1, 0.15) is 10.6 Å². The molecule has 0 radical (unpaired) electrons. The van der Waals surface area contributed by atoms with Crippen molar-refractivity contribution in [3.05, 3.63) is 18.2 Å². The Morgan fingerprint density at radius 2 is 2.21 bits per heavy atom. The van der Waals surface area contributed by atoms with E-state index in [0.29, 0.717) is 18.6 Å². The fourth-order valence-electron chi connectivity index (χ4n) is 1.59. The highest BCUT2D eigenvalue weighted by Gasteiger charge is 2.21. The van der Waals surface area contributed by atoms with Crippen molar-refractivity contribution in [2.24, 2.45) is 0 Å². The van der Waals surface area contributed by atoms with Gasteiger partial charge in [0, 0.05) is 18.5 Å². The Balaban J connectivity index is 3.04. The summed E-state index contributed by atoms with van der Waals surface area (Å²) in [5.74, 6) is 2.95. The van der Waals surface area contributed by atoms with Crippen LogP contribution in [0.3, 0.4) is 0 Å². The van der Waals surface area contributed by atoms with E-state index in [-0.39, 0.29) is 16.6 Å². The third-order valence-electron chi connectivity index (χ3n) is 2.69. The topological polar surface area (TPSA) is 81.4 Å². The molecule has 0 spiro atoms. The number of hydrogen-bond acceptors (Lipinski definition) is 4. The second kappa shape index (κ2) is 6.45. The standard InChI is InChI=1S/C13H18N2O3S/c1-4-6-10(5-2)15-19(16,17)13-8-7-11(18-3)9-12(13)14/h1,7-10,15H,5-6,14H2,2-3H3. The number of terminal acetylenes is 1. The van der Waals surface area contributed by atoms with Gasteiger partial charge in [-0.3, -0.25) is 0 Å². The van der Waals surface area contributed by atoms with Crippen molar-refractivity contribution < 1.29 is 13.2 Å². The van der Waals surface area contributed by atoms with Crippen LogP contribution in [0.4, 0.5) is 5.69 Å². The molecule has 0 aliphatic carbocycles. The fourth-order valence-corrected chi connectivity index (χ4v) is 3.02. The second-order valence-electron chi connectivity index (χ2n) is 4.04. The molecular formula is C13H18N2O3S. The number of nitrogen functional groups attached to an aromatic ring is 1.